The topological polar surface area (TPSA) is 32.3 Å². The molecule has 1 aromatic carbocycles. The van der Waals surface area contributed by atoms with Crippen LogP contribution in [0.25, 0.3) is 0 Å². The molecule has 1 aromatic rings. The molecular formula is C19H31NO. The number of aliphatic hydroxyl groups excluding tert-OH is 1. The molecule has 21 heavy (non-hydrogen) atoms. The van der Waals surface area contributed by atoms with E-state index in [0.717, 1.165) is 12.8 Å². The van der Waals surface area contributed by atoms with E-state index in [1.54, 1.807) is 0 Å². The monoisotopic (exact) mass is 289 g/mol. The second kappa shape index (κ2) is 9.22. The summed E-state index contributed by atoms with van der Waals surface area (Å²) in [6, 6.07) is 11.4. The van der Waals surface area contributed by atoms with Gasteiger partial charge in [-0.05, 0) is 24.8 Å². The van der Waals surface area contributed by atoms with E-state index in [0.29, 0.717) is 6.04 Å². The quantitative estimate of drug-likeness (QED) is 0.568. The maximum Gasteiger partial charge on any atom is 0.0693 e. The van der Waals surface area contributed by atoms with Crippen LogP contribution in [-0.2, 0) is 0 Å². The van der Waals surface area contributed by atoms with Crippen molar-refractivity contribution in [2.24, 2.45) is 0 Å². The summed E-state index contributed by atoms with van der Waals surface area (Å²) < 4.78 is 0. The molecule has 3 unspecified atom stereocenters. The fraction of sp³-hybridized carbons (Fsp3) is 0.684. The molecule has 3 atom stereocenters. The molecule has 0 amide bonds. The molecule has 1 saturated carbocycles. The van der Waals surface area contributed by atoms with Crippen molar-refractivity contribution in [2.75, 3.05) is 0 Å². The summed E-state index contributed by atoms with van der Waals surface area (Å²) in [5.74, 6) is 0. The molecule has 2 rings (SSSR count). The van der Waals surface area contributed by atoms with Crippen LogP contribution in [0, 0.1) is 0 Å². The Labute approximate surface area is 130 Å². The third-order valence-corrected chi connectivity index (χ3v) is 4.69. The summed E-state index contributed by atoms with van der Waals surface area (Å²) in [5, 5.41) is 14.1. The second-order valence-electron chi connectivity index (χ2n) is 6.44. The van der Waals surface area contributed by atoms with Crippen LogP contribution in [0.15, 0.2) is 30.3 Å². The molecule has 2 N–H and O–H groups in total. The van der Waals surface area contributed by atoms with E-state index < -0.39 is 0 Å². The van der Waals surface area contributed by atoms with Crippen molar-refractivity contribution in [3.63, 3.8) is 0 Å². The molecule has 0 heterocycles. The van der Waals surface area contributed by atoms with Crippen molar-refractivity contribution >= 4 is 0 Å². The highest BCUT2D eigenvalue weighted by Crippen LogP contribution is 2.25. The number of rotatable bonds is 7. The van der Waals surface area contributed by atoms with Crippen molar-refractivity contribution in [1.29, 1.82) is 0 Å². The van der Waals surface area contributed by atoms with Gasteiger partial charge in [-0.3, -0.25) is 0 Å². The zero-order chi connectivity index (χ0) is 14.9. The standard InChI is InChI=1S/C19H31NO/c1-2-3-6-13-17(16-11-7-4-8-12-16)20-18-14-9-5-10-15-19(18)21/h4,7-8,11-12,17-21H,2-3,5-6,9-10,13-15H2,1H3. The fourth-order valence-corrected chi connectivity index (χ4v) is 3.37. The Kier molecular flexibility index (Phi) is 7.25. The van der Waals surface area contributed by atoms with Crippen molar-refractivity contribution in [3.05, 3.63) is 35.9 Å². The fourth-order valence-electron chi connectivity index (χ4n) is 3.37. The minimum Gasteiger partial charge on any atom is -0.392 e. The third-order valence-electron chi connectivity index (χ3n) is 4.69. The predicted octanol–water partition coefficient (Wildman–Crippen LogP) is 4.59. The van der Waals surface area contributed by atoms with E-state index in [2.05, 4.69) is 42.6 Å². The lowest BCUT2D eigenvalue weighted by Gasteiger charge is -2.28. The Morgan fingerprint density at radius 3 is 2.62 bits per heavy atom. The third kappa shape index (κ3) is 5.44. The van der Waals surface area contributed by atoms with Gasteiger partial charge in [-0.15, -0.1) is 0 Å². The van der Waals surface area contributed by atoms with Gasteiger partial charge in [0.1, 0.15) is 0 Å². The van der Waals surface area contributed by atoms with Crippen LogP contribution in [0.5, 0.6) is 0 Å². The van der Waals surface area contributed by atoms with Gasteiger partial charge in [0.15, 0.2) is 0 Å². The van der Waals surface area contributed by atoms with E-state index in [9.17, 15) is 5.11 Å². The molecule has 2 nitrogen and oxygen atoms in total. The van der Waals surface area contributed by atoms with Gasteiger partial charge in [-0.25, -0.2) is 0 Å². The summed E-state index contributed by atoms with van der Waals surface area (Å²) in [6.45, 7) is 2.25. The van der Waals surface area contributed by atoms with Gasteiger partial charge in [0.25, 0.3) is 0 Å². The van der Waals surface area contributed by atoms with Crippen LogP contribution in [0.1, 0.15) is 76.3 Å². The van der Waals surface area contributed by atoms with Gasteiger partial charge in [-0.2, -0.15) is 0 Å². The molecule has 2 heteroatoms. The van der Waals surface area contributed by atoms with Gasteiger partial charge < -0.3 is 10.4 Å². The van der Waals surface area contributed by atoms with E-state index in [-0.39, 0.29) is 12.1 Å². The normalized spacial score (nSPS) is 24.5. The Hall–Kier alpha value is -0.860. The molecule has 0 radical (unpaired) electrons. The van der Waals surface area contributed by atoms with Crippen molar-refractivity contribution < 1.29 is 5.11 Å². The van der Waals surface area contributed by atoms with Crippen LogP contribution in [0.3, 0.4) is 0 Å². The van der Waals surface area contributed by atoms with E-state index >= 15 is 0 Å². The first kappa shape index (κ1) is 16.5. The van der Waals surface area contributed by atoms with E-state index in [1.165, 1.54) is 50.5 Å². The van der Waals surface area contributed by atoms with E-state index in [1.807, 2.05) is 0 Å². The molecule has 118 valence electrons. The zero-order valence-corrected chi connectivity index (χ0v) is 13.4. The smallest absolute Gasteiger partial charge is 0.0693 e. The number of hydrogen-bond acceptors (Lipinski definition) is 2. The van der Waals surface area contributed by atoms with Crippen LogP contribution in [-0.4, -0.2) is 17.3 Å². The highest BCUT2D eigenvalue weighted by Gasteiger charge is 2.24. The summed E-state index contributed by atoms with van der Waals surface area (Å²) in [4.78, 5) is 0. The largest absolute Gasteiger partial charge is 0.392 e. The summed E-state index contributed by atoms with van der Waals surface area (Å²) >= 11 is 0. The number of aliphatic hydroxyl groups is 1. The highest BCUT2D eigenvalue weighted by molar-refractivity contribution is 5.19. The average molecular weight is 289 g/mol. The summed E-state index contributed by atoms with van der Waals surface area (Å²) in [7, 11) is 0. The van der Waals surface area contributed by atoms with Crippen LogP contribution in [0.2, 0.25) is 0 Å². The van der Waals surface area contributed by atoms with Crippen molar-refractivity contribution in [2.45, 2.75) is 82.9 Å². The molecule has 0 aliphatic heterocycles. The summed E-state index contributed by atoms with van der Waals surface area (Å²) in [5.41, 5.74) is 1.37. The minimum absolute atomic E-state index is 0.176. The zero-order valence-electron chi connectivity index (χ0n) is 13.4. The first-order valence-corrected chi connectivity index (χ1v) is 8.80. The van der Waals surface area contributed by atoms with Gasteiger partial charge >= 0.3 is 0 Å². The Morgan fingerprint density at radius 2 is 1.86 bits per heavy atom. The molecular weight excluding hydrogens is 258 g/mol. The first-order chi connectivity index (χ1) is 10.3. The number of nitrogens with one attached hydrogen (secondary N) is 1. The van der Waals surface area contributed by atoms with Crippen molar-refractivity contribution in [3.8, 4) is 0 Å². The molecule has 0 bridgehead atoms. The number of benzene rings is 1. The molecule has 0 spiro atoms. The van der Waals surface area contributed by atoms with Gasteiger partial charge in [0, 0.05) is 12.1 Å². The van der Waals surface area contributed by atoms with Crippen molar-refractivity contribution in [1.82, 2.24) is 5.32 Å². The van der Waals surface area contributed by atoms with Gasteiger partial charge in [-0.1, -0.05) is 75.8 Å². The highest BCUT2D eigenvalue weighted by atomic mass is 16.3. The Balaban J connectivity index is 2.00. The Morgan fingerprint density at radius 1 is 1.10 bits per heavy atom. The van der Waals surface area contributed by atoms with E-state index in [4.69, 9.17) is 0 Å². The van der Waals surface area contributed by atoms with Crippen LogP contribution >= 0.6 is 0 Å². The van der Waals surface area contributed by atoms with Crippen LogP contribution < -0.4 is 5.32 Å². The molecule has 1 aliphatic rings. The lowest BCUT2D eigenvalue weighted by atomic mass is 9.97. The minimum atomic E-state index is -0.176. The molecule has 0 saturated heterocycles. The second-order valence-corrected chi connectivity index (χ2v) is 6.44. The lowest BCUT2D eigenvalue weighted by Crippen LogP contribution is -2.41. The maximum atomic E-state index is 10.4. The number of unbranched alkanes of at least 4 members (excludes halogenated alkanes) is 2. The average Bonchev–Trinajstić information content (AvgIpc) is 2.72. The lowest BCUT2D eigenvalue weighted by molar-refractivity contribution is 0.112. The number of hydrogen-bond donors (Lipinski definition) is 2. The molecule has 1 aliphatic carbocycles. The first-order valence-electron chi connectivity index (χ1n) is 8.80. The predicted molar refractivity (Wildman–Crippen MR) is 89.3 cm³/mol. The van der Waals surface area contributed by atoms with Gasteiger partial charge in [0.2, 0.25) is 0 Å². The van der Waals surface area contributed by atoms with Crippen LogP contribution in [0.4, 0.5) is 0 Å². The SMILES string of the molecule is CCCCCC(NC1CCCCCC1O)c1ccccc1. The summed E-state index contributed by atoms with van der Waals surface area (Å²) in [6.07, 6.45) is 10.5. The molecule has 0 aromatic heterocycles. The molecule has 1 fully saturated rings. The Bertz CT molecular complexity index is 378. The maximum absolute atomic E-state index is 10.4. The van der Waals surface area contributed by atoms with Gasteiger partial charge in [0.05, 0.1) is 6.10 Å².